The van der Waals surface area contributed by atoms with Gasteiger partial charge in [-0.2, -0.15) is 0 Å². The van der Waals surface area contributed by atoms with Crippen molar-refractivity contribution in [1.29, 1.82) is 0 Å². The van der Waals surface area contributed by atoms with Gasteiger partial charge in [-0.25, -0.2) is 0 Å². The minimum atomic E-state index is -0.363. The van der Waals surface area contributed by atoms with Crippen molar-refractivity contribution in [2.45, 2.75) is 31.7 Å². The van der Waals surface area contributed by atoms with Crippen molar-refractivity contribution in [3.8, 4) is 23.0 Å². The van der Waals surface area contributed by atoms with Crippen LogP contribution in [0.3, 0.4) is 0 Å². The van der Waals surface area contributed by atoms with Crippen LogP contribution in [0, 0.1) is 0 Å². The Kier molecular flexibility index (Phi) is 6.20. The summed E-state index contributed by atoms with van der Waals surface area (Å²) in [4.78, 5) is 13.9. The molecule has 8 heteroatoms. The van der Waals surface area contributed by atoms with Crippen molar-refractivity contribution >= 4 is 33.1 Å². The topological polar surface area (TPSA) is 78.1 Å². The molecule has 0 radical (unpaired) electrons. The summed E-state index contributed by atoms with van der Waals surface area (Å²) in [7, 11) is 1.64. The van der Waals surface area contributed by atoms with Crippen LogP contribution in [0.5, 0.6) is 23.0 Å². The quantitative estimate of drug-likeness (QED) is 0.364. The molecule has 0 amide bonds. The zero-order valence-corrected chi connectivity index (χ0v) is 22.2. The van der Waals surface area contributed by atoms with E-state index >= 15 is 0 Å². The molecule has 0 bridgehead atoms. The highest BCUT2D eigenvalue weighted by molar-refractivity contribution is 9.10. The molecule has 3 aromatic rings. The number of fused-ring (bicyclic) bond motifs is 2. The summed E-state index contributed by atoms with van der Waals surface area (Å²) < 4.78 is 23.3. The summed E-state index contributed by atoms with van der Waals surface area (Å²) in [6.45, 7) is 2.69. The third-order valence-electron chi connectivity index (χ3n) is 7.07. The monoisotopic (exact) mass is 562 g/mol. The van der Waals surface area contributed by atoms with E-state index in [2.05, 4.69) is 26.6 Å². The molecular weight excluding hydrogens is 536 g/mol. The lowest BCUT2D eigenvalue weighted by atomic mass is 9.78. The molecule has 3 aromatic carbocycles. The maximum Gasteiger partial charge on any atom is 0.231 e. The highest BCUT2D eigenvalue weighted by Gasteiger charge is 2.37. The van der Waals surface area contributed by atoms with Gasteiger partial charge in [-0.15, -0.1) is 0 Å². The van der Waals surface area contributed by atoms with E-state index in [9.17, 15) is 4.79 Å². The summed E-state index contributed by atoms with van der Waals surface area (Å²) in [6.07, 6.45) is 1.08. The lowest BCUT2D eigenvalue weighted by Crippen LogP contribution is -2.27. The molecule has 2 heterocycles. The Bertz CT molecular complexity index is 1420. The molecule has 0 saturated heterocycles. The number of para-hydroxylation sites is 2. The number of allylic oxidation sites excluding steroid dienone is 1. The first-order valence-electron chi connectivity index (χ1n) is 12.3. The average molecular weight is 563 g/mol. The lowest BCUT2D eigenvalue weighted by Gasteiger charge is -2.30. The molecule has 37 heavy (non-hydrogen) atoms. The Labute approximate surface area is 223 Å². The van der Waals surface area contributed by atoms with Crippen LogP contribution in [0.1, 0.15) is 42.9 Å². The van der Waals surface area contributed by atoms with Crippen molar-refractivity contribution in [3.05, 3.63) is 81.5 Å². The second-order valence-corrected chi connectivity index (χ2v) is 10.1. The number of carbonyl (C=O) groups is 1. The minimum absolute atomic E-state index is 0.00873. The fraction of sp³-hybridized carbons (Fsp3) is 0.276. The Hall–Kier alpha value is -3.65. The lowest BCUT2D eigenvalue weighted by molar-refractivity contribution is -0.116. The zero-order chi connectivity index (χ0) is 25.5. The van der Waals surface area contributed by atoms with Gasteiger partial charge in [0.05, 0.1) is 31.1 Å². The SMILES string of the molecule is CCOc1ccc(C2CC(=O)C3=C(C2)Nc2ccccc2NC3c2cc3c(cc2Br)OCO3)cc1OC. The Balaban J connectivity index is 1.43. The molecule has 190 valence electrons. The van der Waals surface area contributed by atoms with Gasteiger partial charge in [0.2, 0.25) is 6.79 Å². The van der Waals surface area contributed by atoms with Crippen LogP contribution in [-0.2, 0) is 4.79 Å². The van der Waals surface area contributed by atoms with Crippen molar-refractivity contribution < 1.29 is 23.7 Å². The summed E-state index contributed by atoms with van der Waals surface area (Å²) in [5.74, 6) is 2.85. The number of Topliss-reactive ketones (excluding diaryl/α,β-unsaturated/α-hetero) is 1. The highest BCUT2D eigenvalue weighted by atomic mass is 79.9. The number of ether oxygens (including phenoxy) is 4. The number of nitrogens with one attached hydrogen (secondary N) is 2. The van der Waals surface area contributed by atoms with Crippen LogP contribution < -0.4 is 29.6 Å². The fourth-order valence-electron chi connectivity index (χ4n) is 5.33. The Morgan fingerprint density at radius 2 is 1.78 bits per heavy atom. The third-order valence-corrected chi connectivity index (χ3v) is 7.76. The fourth-order valence-corrected chi connectivity index (χ4v) is 5.88. The largest absolute Gasteiger partial charge is 0.493 e. The number of hydrogen-bond acceptors (Lipinski definition) is 7. The van der Waals surface area contributed by atoms with Crippen molar-refractivity contribution in [2.24, 2.45) is 0 Å². The first kappa shape index (κ1) is 23.7. The van der Waals surface area contributed by atoms with Crippen LogP contribution in [0.4, 0.5) is 11.4 Å². The van der Waals surface area contributed by atoms with Crippen molar-refractivity contribution in [1.82, 2.24) is 0 Å². The third kappa shape index (κ3) is 4.29. The number of methoxy groups -OCH3 is 1. The van der Waals surface area contributed by atoms with Crippen LogP contribution in [0.15, 0.2) is 70.3 Å². The maximum atomic E-state index is 13.9. The number of hydrogen-bond donors (Lipinski definition) is 2. The van der Waals surface area contributed by atoms with E-state index in [0.29, 0.717) is 42.4 Å². The number of rotatable bonds is 5. The second kappa shape index (κ2) is 9.67. The molecule has 1 aliphatic carbocycles. The van der Waals surface area contributed by atoms with Gasteiger partial charge in [-0.05, 0) is 66.8 Å². The smallest absolute Gasteiger partial charge is 0.231 e. The van der Waals surface area contributed by atoms with Gasteiger partial charge in [0.15, 0.2) is 28.8 Å². The molecule has 2 aliphatic heterocycles. The van der Waals surface area contributed by atoms with E-state index in [1.807, 2.05) is 61.5 Å². The average Bonchev–Trinajstić information content (AvgIpc) is 3.28. The second-order valence-electron chi connectivity index (χ2n) is 9.24. The van der Waals surface area contributed by atoms with Gasteiger partial charge in [-0.1, -0.05) is 34.1 Å². The van der Waals surface area contributed by atoms with Gasteiger partial charge in [-0.3, -0.25) is 4.79 Å². The molecule has 0 spiro atoms. The molecule has 6 rings (SSSR count). The van der Waals surface area contributed by atoms with Crippen molar-refractivity contribution in [2.75, 3.05) is 31.1 Å². The first-order chi connectivity index (χ1) is 18.1. The van der Waals surface area contributed by atoms with E-state index in [1.165, 1.54) is 0 Å². The van der Waals surface area contributed by atoms with Crippen LogP contribution in [0.25, 0.3) is 0 Å². The summed E-state index contributed by atoms with van der Waals surface area (Å²) >= 11 is 3.72. The number of halogens is 1. The molecule has 2 unspecified atom stereocenters. The predicted molar refractivity (Wildman–Crippen MR) is 145 cm³/mol. The van der Waals surface area contributed by atoms with E-state index in [1.54, 1.807) is 7.11 Å². The van der Waals surface area contributed by atoms with E-state index in [4.69, 9.17) is 18.9 Å². The van der Waals surface area contributed by atoms with Crippen LogP contribution in [0.2, 0.25) is 0 Å². The molecule has 0 aromatic heterocycles. The number of anilines is 2. The molecule has 2 atom stereocenters. The minimum Gasteiger partial charge on any atom is -0.493 e. The van der Waals surface area contributed by atoms with E-state index in [-0.39, 0.29) is 24.5 Å². The summed E-state index contributed by atoms with van der Waals surface area (Å²) in [5, 5.41) is 7.22. The van der Waals surface area contributed by atoms with Crippen molar-refractivity contribution in [3.63, 3.8) is 0 Å². The standard InChI is InChI=1S/C29H27BrN2O5/c1-3-35-24-9-8-16(12-25(24)34-2)17-10-22-28(23(33)11-17)29(32-21-7-5-4-6-20(21)31-22)18-13-26-27(14-19(18)30)37-15-36-26/h4-9,12-14,17,29,31-32H,3,10-11,15H2,1-2H3. The summed E-state index contributed by atoms with van der Waals surface area (Å²) in [5.41, 5.74) is 5.50. The van der Waals surface area contributed by atoms with Crippen LogP contribution >= 0.6 is 15.9 Å². The molecule has 2 N–H and O–H groups in total. The van der Waals surface area contributed by atoms with Gasteiger partial charge in [0.25, 0.3) is 0 Å². The number of carbonyl (C=O) groups excluding carboxylic acids is 1. The van der Waals surface area contributed by atoms with E-state index in [0.717, 1.165) is 38.2 Å². The number of ketones is 1. The molecule has 3 aliphatic rings. The zero-order valence-electron chi connectivity index (χ0n) is 20.6. The van der Waals surface area contributed by atoms with Crippen LogP contribution in [-0.4, -0.2) is 26.3 Å². The normalized spacial score (nSPS) is 19.8. The molecule has 0 fully saturated rings. The van der Waals surface area contributed by atoms with Gasteiger partial charge in [0.1, 0.15) is 0 Å². The summed E-state index contributed by atoms with van der Waals surface area (Å²) in [6, 6.07) is 17.5. The molecule has 0 saturated carbocycles. The Morgan fingerprint density at radius 3 is 2.57 bits per heavy atom. The van der Waals surface area contributed by atoms with Gasteiger partial charge >= 0.3 is 0 Å². The first-order valence-corrected chi connectivity index (χ1v) is 13.1. The number of benzene rings is 3. The van der Waals surface area contributed by atoms with Gasteiger partial charge in [0, 0.05) is 22.2 Å². The maximum absolute atomic E-state index is 13.9. The van der Waals surface area contributed by atoms with Gasteiger partial charge < -0.3 is 29.6 Å². The molecular formula is C29H27BrN2O5. The Morgan fingerprint density at radius 1 is 1.00 bits per heavy atom. The molecule has 7 nitrogen and oxygen atoms in total. The predicted octanol–water partition coefficient (Wildman–Crippen LogP) is 6.56. The highest BCUT2D eigenvalue weighted by Crippen LogP contribution is 2.48. The van der Waals surface area contributed by atoms with E-state index < -0.39 is 0 Å².